The normalized spacial score (nSPS) is 10.2. The number of ether oxygens (including phenoxy) is 2. The van der Waals surface area contributed by atoms with Gasteiger partial charge in [-0.3, -0.25) is 0 Å². The fraction of sp³-hybridized carbons (Fsp3) is 0.417. The van der Waals surface area contributed by atoms with Crippen molar-refractivity contribution in [3.05, 3.63) is 0 Å². The molecular weight excluding hydrogens is 222 g/mol. The SMILES string of the molecule is C#CCOC(=O)C(=O)OC(C#C)CCCC#N. The van der Waals surface area contributed by atoms with Gasteiger partial charge in [0.1, 0.15) is 0 Å². The van der Waals surface area contributed by atoms with Gasteiger partial charge in [-0.05, 0) is 12.8 Å². The summed E-state index contributed by atoms with van der Waals surface area (Å²) in [6, 6.07) is 1.93. The van der Waals surface area contributed by atoms with Crippen LogP contribution in [-0.4, -0.2) is 24.6 Å². The smallest absolute Gasteiger partial charge is 0.418 e. The van der Waals surface area contributed by atoms with E-state index in [-0.39, 0.29) is 6.61 Å². The molecule has 0 fully saturated rings. The van der Waals surface area contributed by atoms with E-state index in [1.807, 2.05) is 12.0 Å². The summed E-state index contributed by atoms with van der Waals surface area (Å²) in [5.41, 5.74) is 0. The number of carbonyl (C=O) groups excluding carboxylic acids is 2. The molecule has 0 N–H and O–H groups in total. The number of esters is 2. The minimum Gasteiger partial charge on any atom is -0.444 e. The van der Waals surface area contributed by atoms with E-state index in [1.54, 1.807) is 0 Å². The highest BCUT2D eigenvalue weighted by molar-refractivity contribution is 6.29. The molecular formula is C12H11NO4. The lowest BCUT2D eigenvalue weighted by Gasteiger charge is -2.10. The molecule has 0 aromatic heterocycles. The van der Waals surface area contributed by atoms with Crippen LogP contribution < -0.4 is 0 Å². The van der Waals surface area contributed by atoms with Gasteiger partial charge in [0, 0.05) is 6.42 Å². The molecule has 0 spiro atoms. The summed E-state index contributed by atoms with van der Waals surface area (Å²) in [5.74, 6) is 1.88. The first-order valence-corrected chi connectivity index (χ1v) is 4.80. The van der Waals surface area contributed by atoms with Gasteiger partial charge in [0.2, 0.25) is 0 Å². The summed E-state index contributed by atoms with van der Waals surface area (Å²) in [4.78, 5) is 22.1. The molecule has 0 amide bonds. The summed E-state index contributed by atoms with van der Waals surface area (Å²) < 4.78 is 9.03. The highest BCUT2D eigenvalue weighted by atomic mass is 16.6. The van der Waals surface area contributed by atoms with Crippen molar-refractivity contribution in [3.63, 3.8) is 0 Å². The lowest BCUT2D eigenvalue weighted by molar-refractivity contribution is -0.168. The van der Waals surface area contributed by atoms with Gasteiger partial charge in [-0.1, -0.05) is 11.8 Å². The summed E-state index contributed by atoms with van der Waals surface area (Å²) in [6.07, 6.45) is 10.2. The Hall–Kier alpha value is -2.45. The third-order valence-electron chi connectivity index (χ3n) is 1.64. The number of nitriles is 1. The largest absolute Gasteiger partial charge is 0.444 e. The van der Waals surface area contributed by atoms with Crippen LogP contribution in [0.1, 0.15) is 19.3 Å². The van der Waals surface area contributed by atoms with Gasteiger partial charge in [0.05, 0.1) is 6.07 Å². The molecule has 17 heavy (non-hydrogen) atoms. The van der Waals surface area contributed by atoms with Crippen molar-refractivity contribution >= 4 is 11.9 Å². The molecule has 0 aliphatic heterocycles. The average Bonchev–Trinajstić information content (AvgIpc) is 2.34. The fourth-order valence-electron chi connectivity index (χ4n) is 0.886. The molecule has 0 aromatic carbocycles. The van der Waals surface area contributed by atoms with Crippen LogP contribution in [0, 0.1) is 36.0 Å². The average molecular weight is 233 g/mol. The number of nitrogens with zero attached hydrogens (tertiary/aromatic N) is 1. The monoisotopic (exact) mass is 233 g/mol. The molecule has 5 heteroatoms. The van der Waals surface area contributed by atoms with Gasteiger partial charge in [0.25, 0.3) is 0 Å². The third-order valence-corrected chi connectivity index (χ3v) is 1.64. The van der Waals surface area contributed by atoms with Crippen molar-refractivity contribution in [2.24, 2.45) is 0 Å². The molecule has 0 aliphatic rings. The first kappa shape index (κ1) is 14.6. The van der Waals surface area contributed by atoms with Gasteiger partial charge < -0.3 is 9.47 Å². The zero-order chi connectivity index (χ0) is 13.1. The number of hydrogen-bond donors (Lipinski definition) is 0. The van der Waals surface area contributed by atoms with Crippen molar-refractivity contribution in [3.8, 4) is 30.8 Å². The third kappa shape index (κ3) is 6.60. The molecule has 0 saturated heterocycles. The van der Waals surface area contributed by atoms with Crippen LogP contribution in [-0.2, 0) is 19.1 Å². The maximum atomic E-state index is 11.1. The first-order valence-electron chi connectivity index (χ1n) is 4.80. The van der Waals surface area contributed by atoms with Crippen molar-refractivity contribution in [2.45, 2.75) is 25.4 Å². The Bertz CT molecular complexity index is 394. The Kier molecular flexibility index (Phi) is 7.55. The van der Waals surface area contributed by atoms with E-state index < -0.39 is 18.0 Å². The molecule has 0 radical (unpaired) electrons. The number of terminal acetylenes is 2. The maximum absolute atomic E-state index is 11.1. The number of hydrogen-bond acceptors (Lipinski definition) is 5. The van der Waals surface area contributed by atoms with Crippen LogP contribution in [0.15, 0.2) is 0 Å². The van der Waals surface area contributed by atoms with Gasteiger partial charge >= 0.3 is 11.9 Å². The second-order valence-corrected chi connectivity index (χ2v) is 2.89. The summed E-state index contributed by atoms with van der Waals surface area (Å²) in [7, 11) is 0. The second-order valence-electron chi connectivity index (χ2n) is 2.89. The van der Waals surface area contributed by atoms with E-state index in [0.29, 0.717) is 19.3 Å². The Morgan fingerprint density at radius 3 is 2.53 bits per heavy atom. The topological polar surface area (TPSA) is 76.4 Å². The van der Waals surface area contributed by atoms with Crippen LogP contribution in [0.5, 0.6) is 0 Å². The van der Waals surface area contributed by atoms with Gasteiger partial charge in [-0.25, -0.2) is 9.59 Å². The molecule has 0 bridgehead atoms. The van der Waals surface area contributed by atoms with Gasteiger partial charge in [-0.15, -0.1) is 12.8 Å². The number of carbonyl (C=O) groups is 2. The predicted molar refractivity (Wildman–Crippen MR) is 58.0 cm³/mol. The van der Waals surface area contributed by atoms with E-state index in [0.717, 1.165) is 0 Å². The van der Waals surface area contributed by atoms with E-state index in [9.17, 15) is 9.59 Å². The summed E-state index contributed by atoms with van der Waals surface area (Å²) in [6.45, 7) is -0.302. The molecule has 0 heterocycles. The number of rotatable bonds is 5. The van der Waals surface area contributed by atoms with Gasteiger partial charge in [0.15, 0.2) is 12.7 Å². The summed E-state index contributed by atoms with van der Waals surface area (Å²) >= 11 is 0. The molecule has 0 aromatic rings. The minimum absolute atomic E-state index is 0.302. The standard InChI is InChI=1S/C12H11NO4/c1-3-9-16-11(14)12(15)17-10(4-2)7-5-6-8-13/h1-2,10H,5-7,9H2. The van der Waals surface area contributed by atoms with Crippen molar-refractivity contribution in [2.75, 3.05) is 6.61 Å². The van der Waals surface area contributed by atoms with Crippen LogP contribution in [0.3, 0.4) is 0 Å². The highest BCUT2D eigenvalue weighted by Crippen LogP contribution is 2.04. The van der Waals surface area contributed by atoms with E-state index in [4.69, 9.17) is 18.1 Å². The first-order chi connectivity index (χ1) is 8.15. The summed E-state index contributed by atoms with van der Waals surface area (Å²) in [5, 5.41) is 8.32. The molecule has 88 valence electrons. The van der Waals surface area contributed by atoms with Crippen LogP contribution in [0.2, 0.25) is 0 Å². The van der Waals surface area contributed by atoms with Crippen molar-refractivity contribution in [1.29, 1.82) is 5.26 Å². The maximum Gasteiger partial charge on any atom is 0.418 e. The molecule has 0 rings (SSSR count). The number of unbranched alkanes of at least 4 members (excludes halogenated alkanes) is 1. The predicted octanol–water partition coefficient (Wildman–Crippen LogP) is 0.402. The molecule has 1 unspecified atom stereocenters. The molecule has 5 nitrogen and oxygen atoms in total. The highest BCUT2D eigenvalue weighted by Gasteiger charge is 2.20. The Labute approximate surface area is 99.7 Å². The van der Waals surface area contributed by atoms with Crippen LogP contribution in [0.4, 0.5) is 0 Å². The van der Waals surface area contributed by atoms with Crippen molar-refractivity contribution < 1.29 is 19.1 Å². The fourth-order valence-corrected chi connectivity index (χ4v) is 0.886. The molecule has 0 saturated carbocycles. The zero-order valence-corrected chi connectivity index (χ0v) is 9.14. The van der Waals surface area contributed by atoms with Gasteiger partial charge in [-0.2, -0.15) is 5.26 Å². The Morgan fingerprint density at radius 2 is 2.00 bits per heavy atom. The van der Waals surface area contributed by atoms with Crippen LogP contribution in [0.25, 0.3) is 0 Å². The van der Waals surface area contributed by atoms with E-state index >= 15 is 0 Å². The molecule has 0 aliphatic carbocycles. The lowest BCUT2D eigenvalue weighted by atomic mass is 10.2. The quantitative estimate of drug-likeness (QED) is 0.297. The second kappa shape index (κ2) is 8.83. The van der Waals surface area contributed by atoms with Crippen LogP contribution >= 0.6 is 0 Å². The van der Waals surface area contributed by atoms with E-state index in [1.165, 1.54) is 0 Å². The Balaban J connectivity index is 4.08. The van der Waals surface area contributed by atoms with Crippen molar-refractivity contribution in [1.82, 2.24) is 0 Å². The molecule has 1 atom stereocenters. The van der Waals surface area contributed by atoms with E-state index in [2.05, 4.69) is 15.4 Å². The Morgan fingerprint density at radius 1 is 1.29 bits per heavy atom. The zero-order valence-electron chi connectivity index (χ0n) is 9.14. The minimum atomic E-state index is -1.18. The lowest BCUT2D eigenvalue weighted by Crippen LogP contribution is -2.25.